The minimum absolute atomic E-state index is 0.428. The highest BCUT2D eigenvalue weighted by Gasteiger charge is 2.36. The number of hydrogen-bond acceptors (Lipinski definition) is 5. The average Bonchev–Trinajstić information content (AvgIpc) is 2.27. The first-order chi connectivity index (χ1) is 6.52. The van der Waals surface area contributed by atoms with Crippen LogP contribution >= 0.6 is 0 Å². The molecule has 0 fully saturated rings. The molecule has 0 aliphatic carbocycles. The minimum atomic E-state index is -2.25. The number of aliphatic hydroxyl groups is 1. The molecule has 5 N–H and O–H groups in total. The van der Waals surface area contributed by atoms with E-state index in [9.17, 15) is 5.11 Å². The Bertz CT molecular complexity index is 121. The van der Waals surface area contributed by atoms with E-state index >= 15 is 0 Å². The normalized spacial score (nSPS) is 13.1. The van der Waals surface area contributed by atoms with Gasteiger partial charge in [-0.25, -0.2) is 0 Å². The topological polar surface area (TPSA) is 90.7 Å². The van der Waals surface area contributed by atoms with Crippen LogP contribution < -0.4 is 11.5 Å². The summed E-state index contributed by atoms with van der Waals surface area (Å²) in [5, 5.41) is 9.39. The highest BCUT2D eigenvalue weighted by molar-refractivity contribution is 6.67. The van der Waals surface area contributed by atoms with Gasteiger partial charge >= 0.3 is 8.56 Å². The zero-order valence-electron chi connectivity index (χ0n) is 9.62. The molecule has 1 unspecified atom stereocenters. The number of aliphatic hydroxyl groups excluding tert-OH is 1. The molecule has 0 rings (SSSR count). The first kappa shape index (κ1) is 16.4. The Labute approximate surface area is 87.6 Å². The van der Waals surface area contributed by atoms with Crippen LogP contribution in [0.1, 0.15) is 13.3 Å². The second-order valence-corrected chi connectivity index (χ2v) is 6.44. The summed E-state index contributed by atoms with van der Waals surface area (Å²) in [4.78, 5) is 0. The third-order valence-corrected chi connectivity index (χ3v) is 5.21. The maximum absolute atomic E-state index is 9.39. The molecule has 0 saturated heterocycles. The molecule has 0 radical (unpaired) electrons. The van der Waals surface area contributed by atoms with E-state index in [4.69, 9.17) is 20.3 Å². The molecule has 88 valence electrons. The van der Waals surface area contributed by atoms with Crippen molar-refractivity contribution in [3.05, 3.63) is 0 Å². The van der Waals surface area contributed by atoms with Crippen molar-refractivity contribution in [2.75, 3.05) is 27.3 Å². The van der Waals surface area contributed by atoms with E-state index in [1.165, 1.54) is 0 Å². The SMILES string of the molecule is CCC(O)[Si](C)(OC)OC.NCCN. The van der Waals surface area contributed by atoms with Crippen molar-refractivity contribution < 1.29 is 14.0 Å². The van der Waals surface area contributed by atoms with Gasteiger partial charge in [0.15, 0.2) is 0 Å². The Hall–Kier alpha value is 0.0169. The van der Waals surface area contributed by atoms with Crippen LogP contribution in [0.3, 0.4) is 0 Å². The maximum Gasteiger partial charge on any atom is 0.364 e. The molecule has 0 aliphatic rings. The van der Waals surface area contributed by atoms with Gasteiger partial charge in [-0.1, -0.05) is 6.92 Å². The van der Waals surface area contributed by atoms with Crippen LogP contribution in [0.2, 0.25) is 6.55 Å². The number of rotatable bonds is 5. The van der Waals surface area contributed by atoms with Crippen molar-refractivity contribution in [1.82, 2.24) is 0 Å². The molecule has 14 heavy (non-hydrogen) atoms. The van der Waals surface area contributed by atoms with Crippen LogP contribution in [0.5, 0.6) is 0 Å². The summed E-state index contributed by atoms with van der Waals surface area (Å²) in [7, 11) is 0.911. The summed E-state index contributed by atoms with van der Waals surface area (Å²) >= 11 is 0. The van der Waals surface area contributed by atoms with E-state index in [2.05, 4.69) is 0 Å². The molecular formula is C8H24N2O3Si. The number of nitrogens with two attached hydrogens (primary N) is 2. The second-order valence-electron chi connectivity index (χ2n) is 2.93. The molecule has 1 atom stereocenters. The van der Waals surface area contributed by atoms with Crippen molar-refractivity contribution in [2.45, 2.75) is 25.6 Å². The average molecular weight is 224 g/mol. The molecular weight excluding hydrogens is 200 g/mol. The molecule has 0 aromatic heterocycles. The zero-order valence-corrected chi connectivity index (χ0v) is 10.6. The fraction of sp³-hybridized carbons (Fsp3) is 1.00. The third-order valence-electron chi connectivity index (χ3n) is 1.97. The van der Waals surface area contributed by atoms with Crippen LogP contribution in [0.15, 0.2) is 0 Å². The van der Waals surface area contributed by atoms with Gasteiger partial charge in [-0.2, -0.15) is 0 Å². The highest BCUT2D eigenvalue weighted by Crippen LogP contribution is 2.12. The fourth-order valence-electron chi connectivity index (χ4n) is 0.726. The Balaban J connectivity index is 0. The van der Waals surface area contributed by atoms with Crippen molar-refractivity contribution >= 4 is 8.56 Å². The van der Waals surface area contributed by atoms with E-state index in [-0.39, 0.29) is 0 Å². The largest absolute Gasteiger partial charge is 0.396 e. The second kappa shape index (κ2) is 9.57. The van der Waals surface area contributed by atoms with Crippen LogP contribution in [0, 0.1) is 0 Å². The van der Waals surface area contributed by atoms with Crippen LogP contribution in [0.25, 0.3) is 0 Å². The van der Waals surface area contributed by atoms with Gasteiger partial charge < -0.3 is 25.4 Å². The smallest absolute Gasteiger partial charge is 0.364 e. The highest BCUT2D eigenvalue weighted by atomic mass is 28.4. The maximum atomic E-state index is 9.39. The van der Waals surface area contributed by atoms with Crippen LogP contribution in [-0.2, 0) is 8.85 Å². The summed E-state index contributed by atoms with van der Waals surface area (Å²) in [5.74, 6) is 0. The molecule has 0 heterocycles. The molecule has 0 spiro atoms. The van der Waals surface area contributed by atoms with E-state index in [0.717, 1.165) is 0 Å². The predicted molar refractivity (Wildman–Crippen MR) is 60.0 cm³/mol. The molecule has 0 amide bonds. The lowest BCUT2D eigenvalue weighted by molar-refractivity contribution is 0.142. The van der Waals surface area contributed by atoms with E-state index in [0.29, 0.717) is 19.5 Å². The zero-order chi connectivity index (χ0) is 11.6. The van der Waals surface area contributed by atoms with E-state index in [1.54, 1.807) is 14.2 Å². The standard InChI is InChI=1S/C6H16O3Si.C2H8N2/c1-5-6(7)10(4,8-2)9-3;3-1-2-4/h6-7H,5H2,1-4H3;1-4H2. The summed E-state index contributed by atoms with van der Waals surface area (Å²) in [6.45, 7) is 4.95. The van der Waals surface area contributed by atoms with Crippen LogP contribution in [0.4, 0.5) is 0 Å². The first-order valence-corrected chi connectivity index (χ1v) is 7.10. The molecule has 5 nitrogen and oxygen atoms in total. The molecule has 0 bridgehead atoms. The van der Waals surface area contributed by atoms with Gasteiger partial charge in [0.2, 0.25) is 0 Å². The summed E-state index contributed by atoms with van der Waals surface area (Å²) in [6, 6.07) is 0. The van der Waals surface area contributed by atoms with Gasteiger partial charge in [0.05, 0.1) is 5.73 Å². The Morgan fingerprint density at radius 1 is 1.21 bits per heavy atom. The van der Waals surface area contributed by atoms with Gasteiger partial charge in [0.25, 0.3) is 0 Å². The fourth-order valence-corrected chi connectivity index (χ4v) is 2.18. The quantitative estimate of drug-likeness (QED) is 0.551. The summed E-state index contributed by atoms with van der Waals surface area (Å²) < 4.78 is 10.2. The first-order valence-electron chi connectivity index (χ1n) is 4.70. The van der Waals surface area contributed by atoms with Gasteiger partial charge in [-0.3, -0.25) is 0 Å². The lowest BCUT2D eigenvalue weighted by Crippen LogP contribution is -2.48. The predicted octanol–water partition coefficient (Wildman–Crippen LogP) is -0.435. The van der Waals surface area contributed by atoms with Crippen molar-refractivity contribution in [3.8, 4) is 0 Å². The minimum Gasteiger partial charge on any atom is -0.396 e. The van der Waals surface area contributed by atoms with Crippen molar-refractivity contribution in [1.29, 1.82) is 0 Å². The van der Waals surface area contributed by atoms with Crippen molar-refractivity contribution in [2.24, 2.45) is 11.5 Å². The van der Waals surface area contributed by atoms with Gasteiger partial charge in [-0.15, -0.1) is 0 Å². The molecule has 0 aliphatic heterocycles. The van der Waals surface area contributed by atoms with Gasteiger partial charge in [-0.05, 0) is 13.0 Å². The van der Waals surface area contributed by atoms with E-state index in [1.807, 2.05) is 13.5 Å². The van der Waals surface area contributed by atoms with Crippen molar-refractivity contribution in [3.63, 3.8) is 0 Å². The Morgan fingerprint density at radius 2 is 1.57 bits per heavy atom. The molecule has 0 saturated carbocycles. The third kappa shape index (κ3) is 6.47. The summed E-state index contributed by atoms with van der Waals surface area (Å²) in [6.07, 6.45) is 0.685. The molecule has 0 aromatic carbocycles. The molecule has 0 aromatic rings. The van der Waals surface area contributed by atoms with Gasteiger partial charge in [0, 0.05) is 27.3 Å². The lowest BCUT2D eigenvalue weighted by atomic mass is 10.5. The number of hydrogen-bond donors (Lipinski definition) is 3. The van der Waals surface area contributed by atoms with Gasteiger partial charge in [0.1, 0.15) is 0 Å². The molecule has 6 heteroatoms. The van der Waals surface area contributed by atoms with Crippen LogP contribution in [-0.4, -0.2) is 46.7 Å². The summed E-state index contributed by atoms with van der Waals surface area (Å²) in [5.41, 5.74) is 9.38. The Kier molecular flexibility index (Phi) is 11.2. The Morgan fingerprint density at radius 3 is 1.64 bits per heavy atom. The monoisotopic (exact) mass is 224 g/mol. The van der Waals surface area contributed by atoms with E-state index < -0.39 is 14.3 Å². The lowest BCUT2D eigenvalue weighted by Gasteiger charge is -2.26.